The third-order valence-electron chi connectivity index (χ3n) is 4.98. The predicted octanol–water partition coefficient (Wildman–Crippen LogP) is 2.34. The maximum atomic E-state index is 5.75. The second kappa shape index (κ2) is 4.80. The van der Waals surface area contributed by atoms with Gasteiger partial charge < -0.3 is 10.1 Å². The molecular formula is C16H22N2O. The fourth-order valence-corrected chi connectivity index (χ4v) is 4.05. The third-order valence-corrected chi connectivity index (χ3v) is 4.98. The smallest absolute Gasteiger partial charge is 0.124 e. The average molecular weight is 258 g/mol. The van der Waals surface area contributed by atoms with Crippen LogP contribution in [0.15, 0.2) is 24.3 Å². The number of para-hydroxylation sites is 1. The number of hydrogen-bond acceptors (Lipinski definition) is 3. The van der Waals surface area contributed by atoms with Crippen LogP contribution in [0.25, 0.3) is 0 Å². The van der Waals surface area contributed by atoms with Gasteiger partial charge in [0.15, 0.2) is 0 Å². The van der Waals surface area contributed by atoms with Gasteiger partial charge in [0.1, 0.15) is 5.75 Å². The van der Waals surface area contributed by atoms with Crippen LogP contribution in [0.3, 0.4) is 0 Å². The van der Waals surface area contributed by atoms with Crippen molar-refractivity contribution < 1.29 is 4.74 Å². The molecule has 0 radical (unpaired) electrons. The Hall–Kier alpha value is -1.06. The summed E-state index contributed by atoms with van der Waals surface area (Å²) in [5.74, 6) is 1.08. The number of fused-ring (bicyclic) bond motifs is 2. The van der Waals surface area contributed by atoms with Crippen molar-refractivity contribution in [3.05, 3.63) is 29.8 Å². The van der Waals surface area contributed by atoms with E-state index in [4.69, 9.17) is 4.74 Å². The number of ether oxygens (including phenoxy) is 1. The van der Waals surface area contributed by atoms with Gasteiger partial charge in [0, 0.05) is 36.7 Å². The van der Waals surface area contributed by atoms with Gasteiger partial charge in [-0.2, -0.15) is 0 Å². The van der Waals surface area contributed by atoms with Crippen LogP contribution < -0.4 is 10.1 Å². The monoisotopic (exact) mass is 258 g/mol. The van der Waals surface area contributed by atoms with Crippen molar-refractivity contribution in [3.63, 3.8) is 0 Å². The summed E-state index contributed by atoms with van der Waals surface area (Å²) in [7, 11) is 0. The van der Waals surface area contributed by atoms with Crippen LogP contribution in [0.4, 0.5) is 0 Å². The van der Waals surface area contributed by atoms with Crippen molar-refractivity contribution in [2.45, 2.75) is 43.8 Å². The molecule has 3 unspecified atom stereocenters. The molecule has 1 aromatic rings. The van der Waals surface area contributed by atoms with E-state index in [0.717, 1.165) is 24.8 Å². The Morgan fingerprint density at radius 1 is 1.11 bits per heavy atom. The number of rotatable bonds is 2. The molecule has 0 bridgehead atoms. The van der Waals surface area contributed by atoms with Crippen LogP contribution in [0.5, 0.6) is 5.75 Å². The highest BCUT2D eigenvalue weighted by Gasteiger charge is 2.38. The summed E-state index contributed by atoms with van der Waals surface area (Å²) in [6.07, 6.45) is 5.17. The van der Waals surface area contributed by atoms with Crippen molar-refractivity contribution in [1.29, 1.82) is 0 Å². The lowest BCUT2D eigenvalue weighted by Gasteiger charge is -2.31. The minimum absolute atomic E-state index is 0.482. The van der Waals surface area contributed by atoms with Gasteiger partial charge in [0.05, 0.1) is 6.61 Å². The molecule has 0 spiro atoms. The van der Waals surface area contributed by atoms with Gasteiger partial charge in [-0.25, -0.2) is 0 Å². The molecule has 0 saturated carbocycles. The number of benzene rings is 1. The second-order valence-corrected chi connectivity index (χ2v) is 6.03. The van der Waals surface area contributed by atoms with Gasteiger partial charge in [-0.3, -0.25) is 4.90 Å². The molecule has 3 nitrogen and oxygen atoms in total. The van der Waals surface area contributed by atoms with E-state index in [9.17, 15) is 0 Å². The summed E-state index contributed by atoms with van der Waals surface area (Å²) in [4.78, 5) is 2.67. The molecule has 1 N–H and O–H groups in total. The highest BCUT2D eigenvalue weighted by atomic mass is 16.5. The highest BCUT2D eigenvalue weighted by Crippen LogP contribution is 2.35. The number of hydrogen-bond donors (Lipinski definition) is 1. The lowest BCUT2D eigenvalue weighted by atomic mass is 9.97. The summed E-state index contributed by atoms with van der Waals surface area (Å²) in [6, 6.07) is 10.4. The van der Waals surface area contributed by atoms with Crippen molar-refractivity contribution in [2.24, 2.45) is 0 Å². The Bertz CT molecular complexity index is 462. The third kappa shape index (κ3) is 2.05. The molecule has 3 atom stereocenters. The molecule has 102 valence electrons. The maximum Gasteiger partial charge on any atom is 0.124 e. The largest absolute Gasteiger partial charge is 0.493 e. The van der Waals surface area contributed by atoms with E-state index in [1.807, 2.05) is 0 Å². The van der Waals surface area contributed by atoms with Crippen molar-refractivity contribution >= 4 is 0 Å². The summed E-state index contributed by atoms with van der Waals surface area (Å²) < 4.78 is 5.75. The maximum absolute atomic E-state index is 5.75. The van der Waals surface area contributed by atoms with Crippen molar-refractivity contribution in [1.82, 2.24) is 10.2 Å². The zero-order valence-corrected chi connectivity index (χ0v) is 11.3. The lowest BCUT2D eigenvalue weighted by molar-refractivity contribution is 0.231. The minimum atomic E-state index is 0.482. The van der Waals surface area contributed by atoms with Gasteiger partial charge in [-0.1, -0.05) is 18.2 Å². The summed E-state index contributed by atoms with van der Waals surface area (Å²) in [5, 5.41) is 3.92. The Morgan fingerprint density at radius 2 is 2.05 bits per heavy atom. The summed E-state index contributed by atoms with van der Waals surface area (Å²) in [5.41, 5.74) is 1.35. The summed E-state index contributed by atoms with van der Waals surface area (Å²) in [6.45, 7) is 3.44. The first-order valence-electron chi connectivity index (χ1n) is 7.63. The fourth-order valence-electron chi connectivity index (χ4n) is 4.05. The molecular weight excluding hydrogens is 236 g/mol. The Labute approximate surface area is 114 Å². The van der Waals surface area contributed by atoms with Crippen LogP contribution in [0.2, 0.25) is 0 Å². The van der Waals surface area contributed by atoms with Gasteiger partial charge in [0.2, 0.25) is 0 Å². The van der Waals surface area contributed by atoms with Gasteiger partial charge in [0.25, 0.3) is 0 Å². The number of nitrogens with one attached hydrogen (secondary N) is 1. The van der Waals surface area contributed by atoms with Gasteiger partial charge in [-0.05, 0) is 31.9 Å². The Morgan fingerprint density at radius 3 is 3.05 bits per heavy atom. The molecule has 19 heavy (non-hydrogen) atoms. The van der Waals surface area contributed by atoms with Gasteiger partial charge in [-0.15, -0.1) is 0 Å². The first-order valence-corrected chi connectivity index (χ1v) is 7.63. The van der Waals surface area contributed by atoms with Crippen molar-refractivity contribution in [2.75, 3.05) is 19.7 Å². The zero-order chi connectivity index (χ0) is 12.7. The van der Waals surface area contributed by atoms with E-state index in [-0.39, 0.29) is 0 Å². The molecule has 3 heterocycles. The predicted molar refractivity (Wildman–Crippen MR) is 75.4 cm³/mol. The Kier molecular flexibility index (Phi) is 2.97. The molecule has 3 aliphatic heterocycles. The van der Waals surface area contributed by atoms with Crippen LogP contribution in [-0.2, 0) is 0 Å². The quantitative estimate of drug-likeness (QED) is 0.881. The molecule has 0 amide bonds. The Balaban J connectivity index is 1.52. The molecule has 4 rings (SSSR count). The van der Waals surface area contributed by atoms with Crippen LogP contribution in [-0.4, -0.2) is 36.7 Å². The topological polar surface area (TPSA) is 24.5 Å². The first kappa shape index (κ1) is 11.7. The standard InChI is InChI=1S/C16H22N2O/c1-2-6-16-12(4-1)13(8-11-19-16)17-14-7-10-18-9-3-5-15(14)18/h1-2,4,6,13-15,17H,3,5,7-11H2. The van der Waals surface area contributed by atoms with E-state index >= 15 is 0 Å². The van der Waals surface area contributed by atoms with E-state index in [1.165, 1.54) is 37.9 Å². The van der Waals surface area contributed by atoms with E-state index in [2.05, 4.69) is 34.5 Å². The summed E-state index contributed by atoms with van der Waals surface area (Å²) >= 11 is 0. The van der Waals surface area contributed by atoms with E-state index < -0.39 is 0 Å². The molecule has 2 saturated heterocycles. The second-order valence-electron chi connectivity index (χ2n) is 6.03. The molecule has 0 aliphatic carbocycles. The highest BCUT2D eigenvalue weighted by molar-refractivity contribution is 5.37. The molecule has 2 fully saturated rings. The van der Waals surface area contributed by atoms with Crippen LogP contribution in [0, 0.1) is 0 Å². The minimum Gasteiger partial charge on any atom is -0.493 e. The van der Waals surface area contributed by atoms with Gasteiger partial charge >= 0.3 is 0 Å². The lowest BCUT2D eigenvalue weighted by Crippen LogP contribution is -2.42. The fraction of sp³-hybridized carbons (Fsp3) is 0.625. The molecule has 0 aromatic heterocycles. The SMILES string of the molecule is c1ccc2c(c1)OCCC2NC1CCN2CCCC12. The average Bonchev–Trinajstić information content (AvgIpc) is 3.04. The van der Waals surface area contributed by atoms with E-state index in [1.54, 1.807) is 0 Å². The molecule has 3 heteroatoms. The zero-order valence-electron chi connectivity index (χ0n) is 11.3. The van der Waals surface area contributed by atoms with Crippen LogP contribution >= 0.6 is 0 Å². The van der Waals surface area contributed by atoms with Crippen molar-refractivity contribution in [3.8, 4) is 5.75 Å². The first-order chi connectivity index (χ1) is 9.42. The normalized spacial score (nSPS) is 33.8. The van der Waals surface area contributed by atoms with E-state index in [0.29, 0.717) is 12.1 Å². The van der Waals surface area contributed by atoms with Crippen LogP contribution in [0.1, 0.15) is 37.3 Å². The molecule has 3 aliphatic rings. The number of nitrogens with zero attached hydrogens (tertiary/aromatic N) is 1. The molecule has 1 aromatic carbocycles.